The number of rotatable bonds is 7. The fraction of sp³-hybridized carbons (Fsp3) is 0.278. The van der Waals surface area contributed by atoms with E-state index in [4.69, 9.17) is 16.3 Å². The van der Waals surface area contributed by atoms with Gasteiger partial charge in [-0.2, -0.15) is 24.5 Å². The molecule has 2 amide bonds. The first-order chi connectivity index (χ1) is 13.6. The summed E-state index contributed by atoms with van der Waals surface area (Å²) in [7, 11) is 0. The zero-order valence-corrected chi connectivity index (χ0v) is 16.6. The van der Waals surface area contributed by atoms with Crippen molar-refractivity contribution in [3.8, 4) is 0 Å². The molecule has 2 aromatic rings. The van der Waals surface area contributed by atoms with Crippen molar-refractivity contribution in [3.05, 3.63) is 51.2 Å². The van der Waals surface area contributed by atoms with Crippen molar-refractivity contribution >= 4 is 46.4 Å². The van der Waals surface area contributed by atoms with Gasteiger partial charge in [0.05, 0.1) is 17.7 Å². The van der Waals surface area contributed by atoms with Crippen LogP contribution in [-0.2, 0) is 20.5 Å². The Labute approximate surface area is 173 Å². The minimum Gasteiger partial charge on any atom is -0.452 e. The van der Waals surface area contributed by atoms with Crippen LogP contribution in [0.4, 0.5) is 18.9 Å². The molecule has 156 valence electrons. The topological polar surface area (TPSA) is 84.5 Å². The molecule has 0 saturated carbocycles. The molecule has 1 aromatic carbocycles. The van der Waals surface area contributed by atoms with E-state index in [9.17, 15) is 27.6 Å². The molecule has 0 fully saturated rings. The quantitative estimate of drug-likeness (QED) is 0.624. The van der Waals surface area contributed by atoms with E-state index < -0.39 is 35.4 Å². The van der Waals surface area contributed by atoms with Crippen LogP contribution in [0.15, 0.2) is 35.0 Å². The molecular weight excluding hydrogens is 433 g/mol. The first kappa shape index (κ1) is 22.7. The molecular formula is C18H16ClF3N2O4S. The number of hydrogen-bond donors (Lipinski definition) is 2. The van der Waals surface area contributed by atoms with Crippen molar-refractivity contribution in [3.63, 3.8) is 0 Å². The van der Waals surface area contributed by atoms with Crippen LogP contribution in [-0.4, -0.2) is 30.4 Å². The molecule has 0 bridgehead atoms. The number of halogens is 4. The highest BCUT2D eigenvalue weighted by Crippen LogP contribution is 2.36. The predicted molar refractivity (Wildman–Crippen MR) is 102 cm³/mol. The molecule has 1 aromatic heterocycles. The van der Waals surface area contributed by atoms with Crippen molar-refractivity contribution in [2.45, 2.75) is 25.6 Å². The number of hydrogen-bond acceptors (Lipinski definition) is 5. The Morgan fingerprint density at radius 2 is 1.97 bits per heavy atom. The molecule has 11 heteroatoms. The van der Waals surface area contributed by atoms with Gasteiger partial charge in [0.25, 0.3) is 11.8 Å². The molecule has 2 rings (SSSR count). The first-order valence-corrected chi connectivity index (χ1v) is 9.57. The maximum absolute atomic E-state index is 13.1. The number of carbonyl (C=O) groups excluding carboxylic acids is 3. The predicted octanol–water partition coefficient (Wildman–Crippen LogP) is 4.11. The molecule has 2 N–H and O–H groups in total. The highest BCUT2D eigenvalue weighted by molar-refractivity contribution is 7.08. The van der Waals surface area contributed by atoms with E-state index >= 15 is 0 Å². The summed E-state index contributed by atoms with van der Waals surface area (Å²) in [6.07, 6.45) is -6.28. The molecule has 1 unspecified atom stereocenters. The summed E-state index contributed by atoms with van der Waals surface area (Å²) in [6.45, 7) is 1.21. The lowest BCUT2D eigenvalue weighted by Crippen LogP contribution is -2.32. The number of esters is 1. The molecule has 29 heavy (non-hydrogen) atoms. The van der Waals surface area contributed by atoms with Crippen LogP contribution < -0.4 is 10.6 Å². The van der Waals surface area contributed by atoms with E-state index in [-0.39, 0.29) is 23.9 Å². The Kier molecular flexibility index (Phi) is 7.63. The van der Waals surface area contributed by atoms with Crippen molar-refractivity contribution in [1.82, 2.24) is 5.32 Å². The maximum atomic E-state index is 13.1. The third kappa shape index (κ3) is 6.75. The molecule has 0 aliphatic carbocycles. The summed E-state index contributed by atoms with van der Waals surface area (Å²) in [4.78, 5) is 35.6. The molecule has 0 aliphatic heterocycles. The van der Waals surface area contributed by atoms with E-state index in [2.05, 4.69) is 10.6 Å². The van der Waals surface area contributed by atoms with Crippen LogP contribution in [0.1, 0.15) is 29.3 Å². The van der Waals surface area contributed by atoms with E-state index in [1.54, 1.807) is 16.8 Å². The Bertz CT molecular complexity index is 888. The fourth-order valence-corrected chi connectivity index (χ4v) is 2.99. The van der Waals surface area contributed by atoms with Crippen LogP contribution in [0.25, 0.3) is 0 Å². The van der Waals surface area contributed by atoms with Crippen LogP contribution in [0.5, 0.6) is 0 Å². The highest BCUT2D eigenvalue weighted by Gasteiger charge is 2.34. The lowest BCUT2D eigenvalue weighted by atomic mass is 10.1. The SMILES string of the molecule is CC(OC(=O)CCNC(=O)c1ccsc1)C(=O)Nc1ccc(Cl)cc1C(F)(F)F. The van der Waals surface area contributed by atoms with Gasteiger partial charge in [-0.25, -0.2) is 0 Å². The van der Waals surface area contributed by atoms with Gasteiger partial charge >= 0.3 is 12.1 Å². The number of anilines is 1. The number of carbonyl (C=O) groups is 3. The molecule has 0 saturated heterocycles. The Morgan fingerprint density at radius 3 is 2.59 bits per heavy atom. The van der Waals surface area contributed by atoms with Gasteiger partial charge in [-0.3, -0.25) is 14.4 Å². The number of ether oxygens (including phenoxy) is 1. The summed E-state index contributed by atoms with van der Waals surface area (Å²) < 4.78 is 44.1. The Balaban J connectivity index is 1.86. The maximum Gasteiger partial charge on any atom is 0.418 e. The minimum absolute atomic E-state index is 0.0166. The van der Waals surface area contributed by atoms with Gasteiger partial charge in [-0.05, 0) is 36.6 Å². The van der Waals surface area contributed by atoms with Crippen LogP contribution in [0, 0.1) is 0 Å². The number of benzene rings is 1. The largest absolute Gasteiger partial charge is 0.452 e. The van der Waals surface area contributed by atoms with Gasteiger partial charge < -0.3 is 15.4 Å². The normalized spacial score (nSPS) is 12.2. The van der Waals surface area contributed by atoms with Crippen LogP contribution >= 0.6 is 22.9 Å². The summed E-state index contributed by atoms with van der Waals surface area (Å²) in [6, 6.07) is 4.51. The van der Waals surface area contributed by atoms with E-state index in [1.807, 2.05) is 0 Å². The summed E-state index contributed by atoms with van der Waals surface area (Å²) in [5.74, 6) is -2.08. The highest BCUT2D eigenvalue weighted by atomic mass is 35.5. The third-order valence-corrected chi connectivity index (χ3v) is 4.54. The summed E-state index contributed by atoms with van der Waals surface area (Å²) in [5.41, 5.74) is -1.16. The van der Waals surface area contributed by atoms with E-state index in [1.165, 1.54) is 24.3 Å². The number of nitrogens with one attached hydrogen (secondary N) is 2. The third-order valence-electron chi connectivity index (χ3n) is 3.62. The summed E-state index contributed by atoms with van der Waals surface area (Å²) in [5, 5.41) is 7.83. The average molecular weight is 449 g/mol. The van der Waals surface area contributed by atoms with Gasteiger partial charge in [-0.1, -0.05) is 11.6 Å². The lowest BCUT2D eigenvalue weighted by molar-refractivity contribution is -0.153. The Morgan fingerprint density at radius 1 is 1.24 bits per heavy atom. The standard InChI is InChI=1S/C18H16ClF3N2O4S/c1-10(28-15(25)4-6-23-17(27)11-5-7-29-9-11)16(26)24-14-3-2-12(19)8-13(14)18(20,21)22/h2-3,5,7-10H,4,6H2,1H3,(H,23,27)(H,24,26). The number of thiophene rings is 1. The van der Waals surface area contributed by atoms with Crippen molar-refractivity contribution in [1.29, 1.82) is 0 Å². The zero-order chi connectivity index (χ0) is 21.6. The average Bonchev–Trinajstić information content (AvgIpc) is 3.17. The van der Waals surface area contributed by atoms with Gasteiger partial charge in [0.2, 0.25) is 0 Å². The summed E-state index contributed by atoms with van der Waals surface area (Å²) >= 11 is 6.93. The molecule has 1 heterocycles. The molecule has 1 atom stereocenters. The number of alkyl halides is 3. The van der Waals surface area contributed by atoms with Gasteiger partial charge in [0, 0.05) is 22.5 Å². The second-order valence-electron chi connectivity index (χ2n) is 5.83. The second-order valence-corrected chi connectivity index (χ2v) is 7.04. The smallest absolute Gasteiger partial charge is 0.418 e. The van der Waals surface area contributed by atoms with E-state index in [0.717, 1.165) is 6.07 Å². The van der Waals surface area contributed by atoms with Crippen molar-refractivity contribution < 1.29 is 32.3 Å². The number of amides is 2. The second kappa shape index (κ2) is 9.75. The van der Waals surface area contributed by atoms with Gasteiger partial charge in [0.1, 0.15) is 0 Å². The monoisotopic (exact) mass is 448 g/mol. The van der Waals surface area contributed by atoms with E-state index in [0.29, 0.717) is 11.6 Å². The van der Waals surface area contributed by atoms with Crippen LogP contribution in [0.3, 0.4) is 0 Å². The fourth-order valence-electron chi connectivity index (χ4n) is 2.18. The van der Waals surface area contributed by atoms with Crippen molar-refractivity contribution in [2.75, 3.05) is 11.9 Å². The molecule has 0 radical (unpaired) electrons. The Hall–Kier alpha value is -2.59. The molecule has 0 spiro atoms. The van der Waals surface area contributed by atoms with Crippen molar-refractivity contribution in [2.24, 2.45) is 0 Å². The van der Waals surface area contributed by atoms with Gasteiger partial charge in [-0.15, -0.1) is 0 Å². The molecule has 6 nitrogen and oxygen atoms in total. The lowest BCUT2D eigenvalue weighted by Gasteiger charge is -2.17. The molecule has 0 aliphatic rings. The first-order valence-electron chi connectivity index (χ1n) is 8.25. The minimum atomic E-state index is -4.73. The zero-order valence-electron chi connectivity index (χ0n) is 15.0. The van der Waals surface area contributed by atoms with Crippen LogP contribution in [0.2, 0.25) is 5.02 Å². The van der Waals surface area contributed by atoms with Gasteiger partial charge in [0.15, 0.2) is 6.10 Å².